The number of furan rings is 1. The molecule has 14 heteroatoms. The lowest BCUT2D eigenvalue weighted by molar-refractivity contribution is 0.673. The number of benzene rings is 21. The zero-order valence-electron chi connectivity index (χ0n) is 79.6. The number of hydrogen-bond acceptors (Lipinski definition) is 11. The Morgan fingerprint density at radius 3 is 0.966 bits per heavy atom. The van der Waals surface area contributed by atoms with E-state index in [4.69, 9.17) is 44.3 Å². The van der Waals surface area contributed by atoms with Gasteiger partial charge in [0.25, 0.3) is 0 Å². The molecule has 21 aromatic carbocycles. The van der Waals surface area contributed by atoms with Gasteiger partial charge in [0.05, 0.1) is 49.7 Å². The van der Waals surface area contributed by atoms with Crippen LogP contribution >= 0.6 is 22.7 Å². The minimum Gasteiger partial charge on any atom is -0.455 e. The first kappa shape index (κ1) is 86.5. The highest BCUT2D eigenvalue weighted by Crippen LogP contribution is 2.49. The Morgan fingerprint density at radius 1 is 0.169 bits per heavy atom. The average Bonchev–Trinajstić information content (AvgIpc) is 1.70. The van der Waals surface area contributed by atoms with E-state index in [9.17, 15) is 0 Å². The van der Waals surface area contributed by atoms with E-state index in [1.165, 1.54) is 84.1 Å². The van der Waals surface area contributed by atoms with Crippen LogP contribution in [0.3, 0.4) is 0 Å². The summed E-state index contributed by atoms with van der Waals surface area (Å²) in [5.74, 6) is 4.34. The van der Waals surface area contributed by atoms with E-state index < -0.39 is 0 Å². The van der Waals surface area contributed by atoms with Crippen molar-refractivity contribution in [3.63, 3.8) is 0 Å². The molecule has 0 aliphatic rings. The number of hydrogen-bond donors (Lipinski definition) is 0. The molecule has 30 rings (SSSR count). The van der Waals surface area contributed by atoms with Crippen LogP contribution in [-0.2, 0) is 0 Å². The van der Waals surface area contributed by atoms with E-state index >= 15 is 0 Å². The van der Waals surface area contributed by atoms with Crippen LogP contribution in [0.5, 0.6) is 0 Å². The normalized spacial score (nSPS) is 11.6. The first-order chi connectivity index (χ1) is 73.4. The van der Waals surface area contributed by atoms with E-state index in [-0.39, 0.29) is 0 Å². The van der Waals surface area contributed by atoms with Gasteiger partial charge in [-0.25, -0.2) is 19.9 Å². The molecule has 0 saturated heterocycles. The Hall–Kier alpha value is -19.4. The maximum Gasteiger partial charge on any atom is 0.238 e. The number of rotatable bonds is 14. The second kappa shape index (κ2) is 36.5. The van der Waals surface area contributed by atoms with Crippen molar-refractivity contribution in [1.82, 2.24) is 53.6 Å². The van der Waals surface area contributed by atoms with Crippen LogP contribution in [0, 0.1) is 0 Å². The molecule has 0 fully saturated rings. The highest BCUT2D eigenvalue weighted by atomic mass is 32.1. The van der Waals surface area contributed by atoms with Crippen molar-refractivity contribution >= 4 is 161 Å². The Labute approximate surface area is 857 Å². The van der Waals surface area contributed by atoms with Crippen LogP contribution in [0.4, 0.5) is 0 Å². The molecular formula is C134H83N11OS2. The van der Waals surface area contributed by atoms with Crippen LogP contribution < -0.4 is 0 Å². The third-order valence-electron chi connectivity index (χ3n) is 28.4. The van der Waals surface area contributed by atoms with E-state index in [1.807, 2.05) is 95.5 Å². The molecule has 0 N–H and O–H groups in total. The summed E-state index contributed by atoms with van der Waals surface area (Å²) >= 11 is 3.70. The van der Waals surface area contributed by atoms with Crippen molar-refractivity contribution < 1.29 is 4.42 Å². The Morgan fingerprint density at radius 2 is 0.473 bits per heavy atom. The lowest BCUT2D eigenvalue weighted by atomic mass is 9.97. The van der Waals surface area contributed by atoms with Crippen molar-refractivity contribution in [3.05, 3.63) is 504 Å². The number of aromatic nitrogens is 11. The van der Waals surface area contributed by atoms with E-state index in [2.05, 4.69) is 444 Å². The van der Waals surface area contributed by atoms with Gasteiger partial charge in [0.2, 0.25) is 17.8 Å². The molecule has 0 bridgehead atoms. The van der Waals surface area contributed by atoms with Gasteiger partial charge in [-0.3, -0.25) is 13.7 Å². The molecule has 9 heterocycles. The summed E-state index contributed by atoms with van der Waals surface area (Å²) in [6, 6.07) is 176. The molecule has 692 valence electrons. The molecule has 0 aliphatic heterocycles. The zero-order valence-corrected chi connectivity index (χ0v) is 81.2. The number of thiophene rings is 2. The van der Waals surface area contributed by atoms with Gasteiger partial charge >= 0.3 is 0 Å². The molecule has 30 aromatic rings. The number of nitrogens with zero attached hydrogens (tertiary/aromatic N) is 11. The summed E-state index contributed by atoms with van der Waals surface area (Å²) in [5, 5.41) is 15.3. The molecule has 12 nitrogen and oxygen atoms in total. The molecule has 0 aliphatic carbocycles. The first-order valence-electron chi connectivity index (χ1n) is 49.6. The van der Waals surface area contributed by atoms with Gasteiger partial charge in [-0.2, -0.15) is 19.9 Å². The summed E-state index contributed by atoms with van der Waals surface area (Å²) in [6.07, 6.45) is 0. The lowest BCUT2D eigenvalue weighted by Gasteiger charge is -2.13. The van der Waals surface area contributed by atoms with Crippen molar-refractivity contribution in [2.24, 2.45) is 0 Å². The van der Waals surface area contributed by atoms with Crippen LogP contribution in [0.1, 0.15) is 0 Å². The minimum absolute atomic E-state index is 0.590. The molecule has 0 atom stereocenters. The number of para-hydroxylation sites is 4. The smallest absolute Gasteiger partial charge is 0.238 e. The summed E-state index contributed by atoms with van der Waals surface area (Å²) < 4.78 is 18.3. The highest BCUT2D eigenvalue weighted by molar-refractivity contribution is 7.27. The van der Waals surface area contributed by atoms with Gasteiger partial charge in [0.1, 0.15) is 11.2 Å². The van der Waals surface area contributed by atoms with Gasteiger partial charge in [-0.05, 0) is 158 Å². The topological polar surface area (TPSA) is 131 Å². The maximum atomic E-state index is 6.52. The maximum absolute atomic E-state index is 6.52. The molecule has 9 aromatic heterocycles. The predicted molar refractivity (Wildman–Crippen MR) is 615 cm³/mol. The number of fused-ring (bicyclic) bond motifs is 22. The van der Waals surface area contributed by atoms with Crippen LogP contribution in [0.25, 0.3) is 280 Å². The second-order valence-electron chi connectivity index (χ2n) is 37.1. The van der Waals surface area contributed by atoms with Crippen molar-refractivity contribution in [2.45, 2.75) is 0 Å². The zero-order chi connectivity index (χ0) is 97.6. The largest absolute Gasteiger partial charge is 0.455 e. The lowest BCUT2D eigenvalue weighted by Crippen LogP contribution is -2.06. The highest BCUT2D eigenvalue weighted by Gasteiger charge is 2.28. The van der Waals surface area contributed by atoms with Gasteiger partial charge in [-0.15, -0.1) is 22.7 Å². The minimum atomic E-state index is 0.590. The van der Waals surface area contributed by atoms with Gasteiger partial charge < -0.3 is 4.42 Å². The molecule has 0 unspecified atom stereocenters. The van der Waals surface area contributed by atoms with Crippen molar-refractivity contribution in [1.29, 1.82) is 0 Å². The summed E-state index contributed by atoms with van der Waals surface area (Å²) in [7, 11) is 0. The van der Waals surface area contributed by atoms with Gasteiger partial charge in [-0.1, -0.05) is 413 Å². The molecule has 0 spiro atoms. The summed E-state index contributed by atoms with van der Waals surface area (Å²) in [4.78, 5) is 41.6. The Kier molecular flexibility index (Phi) is 21.4. The van der Waals surface area contributed by atoms with Crippen molar-refractivity contribution in [2.75, 3.05) is 0 Å². The van der Waals surface area contributed by atoms with Gasteiger partial charge in [0, 0.05) is 111 Å². The fourth-order valence-electron chi connectivity index (χ4n) is 21.4. The van der Waals surface area contributed by atoms with E-state index in [1.54, 1.807) is 0 Å². The second-order valence-corrected chi connectivity index (χ2v) is 39.2. The van der Waals surface area contributed by atoms with Crippen LogP contribution in [-0.4, -0.2) is 53.6 Å². The molecule has 0 saturated carbocycles. The summed E-state index contributed by atoms with van der Waals surface area (Å²) in [6.45, 7) is 0. The molecule has 0 amide bonds. The average molecular weight is 1930 g/mol. The summed E-state index contributed by atoms with van der Waals surface area (Å²) in [5.41, 5.74) is 28.6. The van der Waals surface area contributed by atoms with Gasteiger partial charge in [0.15, 0.2) is 23.3 Å². The quantitative estimate of drug-likeness (QED) is 0.104. The van der Waals surface area contributed by atoms with E-state index in [0.717, 1.165) is 155 Å². The predicted octanol–water partition coefficient (Wildman–Crippen LogP) is 35.6. The molecule has 0 radical (unpaired) electrons. The monoisotopic (exact) mass is 1930 g/mol. The third-order valence-corrected chi connectivity index (χ3v) is 30.8. The fourth-order valence-corrected chi connectivity index (χ4v) is 23.9. The molecular weight excluding hydrogens is 1840 g/mol. The third kappa shape index (κ3) is 15.4. The SMILES string of the molecule is c1ccc(-c2ccc(-c3cccc(-c4nc(-n5c6ccccc6c6c7oc8ccccc8c7ccc65)nc5ccccc45)c3)cc2)cc1.c1ccc(-c2cccc(-c3ccc4c5c6sc7ccccc7c6ccc5n(-c5nc(-c6ccccc6)nc(-c6ccccc6)n5)c4c3)c2)cc1.c1ccc(-c2cccc(-c3nc(-c4cccc(-c5ccccc5)c4)nc(-n4c5ccccc5c5c6sc7ccccc7c6ccc54)n3)c2)cc1. The Balaban J connectivity index is 0.000000107. The van der Waals surface area contributed by atoms with Crippen LogP contribution in [0.2, 0.25) is 0 Å². The van der Waals surface area contributed by atoms with E-state index in [0.29, 0.717) is 41.1 Å². The van der Waals surface area contributed by atoms with Crippen LogP contribution in [0.15, 0.2) is 508 Å². The Bertz CT molecular complexity index is 10300. The standard InChI is InChI=1S/2C45H28N4S.C44H27N3O/c1-4-13-29(14-5-1)32-19-12-20-33(27-32)34-23-24-37-39(28-34)49(38-26-25-36-35-21-10-11-22-40(35)50-42(36)41(37)38)45-47-43(30-15-6-2-7-16-30)46-44(48-45)31-17-8-3-9-18-31;1-3-13-29(14-4-1)31-17-11-19-33(27-31)43-46-44(34-20-12-18-32(28-34)30-15-5-2-6-16-30)48-45(47-43)49-38-23-9-7-22-37(38)41-39(49)26-25-36-35-21-8-10-24-40(35)50-42(36)41;1-2-11-28(12-3-1)29-21-23-30(24-22-29)31-13-10-14-32(27-31)42-35-16-4-7-18-37(35)45-44(46-42)47-38-19-8-5-17-36(38)41-39(47)26-25-34-33-15-6-9-20-40(33)48-43(34)41/h2*1-28H;1-27H. The van der Waals surface area contributed by atoms with Crippen molar-refractivity contribution in [3.8, 4) is 141 Å². The molecule has 148 heavy (non-hydrogen) atoms. The first-order valence-corrected chi connectivity index (χ1v) is 51.2. The fraction of sp³-hybridized carbons (Fsp3) is 0.